The van der Waals surface area contributed by atoms with Crippen molar-refractivity contribution < 1.29 is 27.4 Å². The summed E-state index contributed by atoms with van der Waals surface area (Å²) in [6.45, 7) is 7.89. The maximum absolute atomic E-state index is 12.4. The summed E-state index contributed by atoms with van der Waals surface area (Å²) in [4.78, 5) is 17.5. The predicted octanol–water partition coefficient (Wildman–Crippen LogP) is 4.19. The number of nitrogens with two attached hydrogens (primary N) is 1. The summed E-state index contributed by atoms with van der Waals surface area (Å²) in [5, 5.41) is 2.56. The molecule has 1 aromatic rings. The normalized spacial score (nSPS) is 12.0. The number of hydrogen-bond donors (Lipinski definition) is 2. The number of likely N-dealkylation sites (N-methyl/N-ethyl adjacent to an activating group) is 1. The topological polar surface area (TPSA) is 89.2 Å². The molecular formula is C17H26F3IN4O3. The van der Waals surface area contributed by atoms with Gasteiger partial charge in [0, 0.05) is 13.1 Å². The molecule has 0 spiro atoms. The number of carbonyl (C=O) groups is 1. The first-order chi connectivity index (χ1) is 12.4. The van der Waals surface area contributed by atoms with Crippen LogP contribution in [0.4, 0.5) is 23.7 Å². The van der Waals surface area contributed by atoms with Gasteiger partial charge in [-0.05, 0) is 39.8 Å². The Morgan fingerprint density at radius 3 is 2.39 bits per heavy atom. The van der Waals surface area contributed by atoms with Crippen molar-refractivity contribution in [2.24, 2.45) is 10.7 Å². The van der Waals surface area contributed by atoms with E-state index in [0.29, 0.717) is 6.54 Å². The third-order valence-electron chi connectivity index (χ3n) is 3.06. The molecule has 0 saturated carbocycles. The van der Waals surface area contributed by atoms with E-state index in [9.17, 15) is 18.0 Å². The number of benzene rings is 1. The summed E-state index contributed by atoms with van der Waals surface area (Å²) in [7, 11) is 0. The number of hydrogen-bond acceptors (Lipinski definition) is 4. The minimum Gasteiger partial charge on any atom is -0.444 e. The molecule has 0 aliphatic heterocycles. The van der Waals surface area contributed by atoms with Gasteiger partial charge in [0.15, 0.2) is 11.7 Å². The maximum atomic E-state index is 12.4. The first-order valence-electron chi connectivity index (χ1n) is 8.31. The Labute approximate surface area is 179 Å². The smallest absolute Gasteiger partial charge is 0.444 e. The minimum atomic E-state index is -4.82. The number of ether oxygens (including phenoxy) is 2. The monoisotopic (exact) mass is 518 g/mol. The molecule has 11 heteroatoms. The van der Waals surface area contributed by atoms with Crippen molar-refractivity contribution in [1.29, 1.82) is 0 Å². The second kappa shape index (κ2) is 11.2. The van der Waals surface area contributed by atoms with Gasteiger partial charge in [-0.25, -0.2) is 4.79 Å². The highest BCUT2D eigenvalue weighted by atomic mass is 127. The number of halogens is 4. The third-order valence-corrected chi connectivity index (χ3v) is 3.06. The van der Waals surface area contributed by atoms with Crippen LogP contribution in [0.3, 0.4) is 0 Å². The second-order valence-electron chi connectivity index (χ2n) is 6.50. The Hall–Kier alpha value is -1.92. The number of amides is 1. The molecule has 0 atom stereocenters. The summed E-state index contributed by atoms with van der Waals surface area (Å²) in [6, 6.07) is 5.46. The van der Waals surface area contributed by atoms with E-state index in [2.05, 4.69) is 15.0 Å². The lowest BCUT2D eigenvalue weighted by molar-refractivity contribution is -0.274. The van der Waals surface area contributed by atoms with Gasteiger partial charge in [-0.15, -0.1) is 37.1 Å². The van der Waals surface area contributed by atoms with Crippen LogP contribution < -0.4 is 15.8 Å². The van der Waals surface area contributed by atoms with Crippen molar-refractivity contribution in [3.63, 3.8) is 0 Å². The number of anilines is 1. The first kappa shape index (κ1) is 26.1. The first-order valence-corrected chi connectivity index (χ1v) is 8.31. The zero-order valence-electron chi connectivity index (χ0n) is 16.2. The fourth-order valence-electron chi connectivity index (χ4n) is 1.96. The molecule has 0 heterocycles. The van der Waals surface area contributed by atoms with Crippen LogP contribution in [0.5, 0.6) is 5.75 Å². The quantitative estimate of drug-likeness (QED) is 0.335. The van der Waals surface area contributed by atoms with Crippen LogP contribution in [0.25, 0.3) is 0 Å². The minimum absolute atomic E-state index is 0. The zero-order chi connectivity index (χ0) is 20.7. The Balaban J connectivity index is 0.00000729. The van der Waals surface area contributed by atoms with Crippen molar-refractivity contribution in [1.82, 2.24) is 4.90 Å². The van der Waals surface area contributed by atoms with Gasteiger partial charge in [0.05, 0.1) is 12.2 Å². The van der Waals surface area contributed by atoms with Gasteiger partial charge in [-0.1, -0.05) is 12.1 Å². The molecule has 0 unspecified atom stereocenters. The van der Waals surface area contributed by atoms with Gasteiger partial charge in [-0.2, -0.15) is 0 Å². The van der Waals surface area contributed by atoms with Gasteiger partial charge in [0.2, 0.25) is 0 Å². The number of aliphatic imine (C=N–C) groups is 1. The molecule has 7 nitrogen and oxygen atoms in total. The summed E-state index contributed by atoms with van der Waals surface area (Å²) in [5.41, 5.74) is 5.12. The van der Waals surface area contributed by atoms with Crippen molar-refractivity contribution >= 4 is 41.7 Å². The molecule has 0 fully saturated rings. The molecule has 1 aromatic carbocycles. The van der Waals surface area contributed by atoms with E-state index in [1.165, 1.54) is 23.1 Å². The van der Waals surface area contributed by atoms with Gasteiger partial charge in [-0.3, -0.25) is 4.99 Å². The largest absolute Gasteiger partial charge is 0.573 e. The Morgan fingerprint density at radius 2 is 1.86 bits per heavy atom. The third kappa shape index (κ3) is 10.4. The molecule has 0 aliphatic rings. The molecular weight excluding hydrogens is 492 g/mol. The fraction of sp³-hybridized carbons (Fsp3) is 0.529. The van der Waals surface area contributed by atoms with Crippen molar-refractivity contribution in [2.75, 3.05) is 25.0 Å². The average molecular weight is 518 g/mol. The number of nitrogens with one attached hydrogen (secondary N) is 1. The van der Waals surface area contributed by atoms with E-state index in [-0.39, 0.29) is 48.7 Å². The number of para-hydroxylation sites is 2. The molecule has 0 aliphatic carbocycles. The van der Waals surface area contributed by atoms with Gasteiger partial charge in [0.1, 0.15) is 5.60 Å². The fourth-order valence-corrected chi connectivity index (χ4v) is 1.96. The highest BCUT2D eigenvalue weighted by molar-refractivity contribution is 14.0. The number of nitrogens with zero attached hydrogens (tertiary/aromatic N) is 2. The number of guanidine groups is 1. The van der Waals surface area contributed by atoms with Crippen LogP contribution >= 0.6 is 24.0 Å². The van der Waals surface area contributed by atoms with E-state index in [1.54, 1.807) is 27.7 Å². The lowest BCUT2D eigenvalue weighted by atomic mass is 10.2. The number of rotatable bonds is 6. The molecule has 0 saturated heterocycles. The van der Waals surface area contributed by atoms with Crippen molar-refractivity contribution in [3.05, 3.63) is 24.3 Å². The SMILES string of the molecule is CCN(CCN=C(N)Nc1ccccc1OC(F)(F)F)C(=O)OC(C)(C)C.I. The van der Waals surface area contributed by atoms with Crippen LogP contribution in [-0.4, -0.2) is 48.6 Å². The Morgan fingerprint density at radius 1 is 1.25 bits per heavy atom. The van der Waals surface area contributed by atoms with E-state index in [4.69, 9.17) is 10.5 Å². The second-order valence-corrected chi connectivity index (χ2v) is 6.50. The van der Waals surface area contributed by atoms with Crippen molar-refractivity contribution in [3.8, 4) is 5.75 Å². The van der Waals surface area contributed by atoms with E-state index in [1.807, 2.05) is 0 Å². The van der Waals surface area contributed by atoms with Gasteiger partial charge < -0.3 is 25.4 Å². The molecule has 1 amide bonds. The average Bonchev–Trinajstić information content (AvgIpc) is 2.50. The van der Waals surface area contributed by atoms with Crippen LogP contribution in [0, 0.1) is 0 Å². The van der Waals surface area contributed by atoms with Gasteiger partial charge >= 0.3 is 12.5 Å². The highest BCUT2D eigenvalue weighted by Gasteiger charge is 2.32. The van der Waals surface area contributed by atoms with Crippen LogP contribution in [0.1, 0.15) is 27.7 Å². The van der Waals surface area contributed by atoms with Crippen LogP contribution in [0.2, 0.25) is 0 Å². The molecule has 3 N–H and O–H groups in total. The summed E-state index contributed by atoms with van der Waals surface area (Å²) < 4.78 is 46.5. The number of carbonyl (C=O) groups excluding carboxylic acids is 1. The van der Waals surface area contributed by atoms with Gasteiger partial charge in [0.25, 0.3) is 0 Å². The summed E-state index contributed by atoms with van der Waals surface area (Å²) >= 11 is 0. The summed E-state index contributed by atoms with van der Waals surface area (Å²) in [5.74, 6) is -0.527. The molecule has 160 valence electrons. The van der Waals surface area contributed by atoms with Crippen LogP contribution in [-0.2, 0) is 4.74 Å². The van der Waals surface area contributed by atoms with E-state index < -0.39 is 23.8 Å². The lowest BCUT2D eigenvalue weighted by Gasteiger charge is -2.26. The number of alkyl halides is 3. The van der Waals surface area contributed by atoms with E-state index >= 15 is 0 Å². The van der Waals surface area contributed by atoms with Crippen molar-refractivity contribution in [2.45, 2.75) is 39.7 Å². The highest BCUT2D eigenvalue weighted by Crippen LogP contribution is 2.29. The molecule has 0 bridgehead atoms. The Kier molecular flexibility index (Phi) is 10.4. The Bertz CT molecular complexity index is 664. The predicted molar refractivity (Wildman–Crippen MR) is 112 cm³/mol. The molecule has 28 heavy (non-hydrogen) atoms. The lowest BCUT2D eigenvalue weighted by Crippen LogP contribution is -2.38. The van der Waals surface area contributed by atoms with E-state index in [0.717, 1.165) is 6.07 Å². The molecule has 0 radical (unpaired) electrons. The zero-order valence-corrected chi connectivity index (χ0v) is 18.5. The van der Waals surface area contributed by atoms with Crippen LogP contribution in [0.15, 0.2) is 29.3 Å². The molecule has 0 aromatic heterocycles. The summed E-state index contributed by atoms with van der Waals surface area (Å²) in [6.07, 6.45) is -5.30. The standard InChI is InChI=1S/C17H25F3N4O3.HI/c1-5-24(15(25)27-16(2,3)4)11-10-22-14(21)23-12-8-6-7-9-13(12)26-17(18,19)20;/h6-9H,5,10-11H2,1-4H3,(H3,21,22,23);1H. The molecule has 1 rings (SSSR count). The maximum Gasteiger partial charge on any atom is 0.573 e.